The fourth-order valence-corrected chi connectivity index (χ4v) is 17.2. The van der Waals surface area contributed by atoms with E-state index in [1.165, 1.54) is 127 Å². The number of carbonyl (C=O) groups is 6. The van der Waals surface area contributed by atoms with Gasteiger partial charge in [-0.3, -0.25) is 38.4 Å². The molecule has 0 atom stereocenters. The van der Waals surface area contributed by atoms with E-state index in [-0.39, 0.29) is 86.7 Å². The lowest BCUT2D eigenvalue weighted by Gasteiger charge is -2.32. The molecule has 1 fully saturated rings. The molecule has 0 saturated carbocycles. The van der Waals surface area contributed by atoms with Crippen molar-refractivity contribution in [1.29, 1.82) is 0 Å². The Labute approximate surface area is 798 Å². The number of pyridine rings is 2. The number of amides is 2. The molecule has 0 spiro atoms. The normalized spacial score (nSPS) is 12.0. The van der Waals surface area contributed by atoms with Crippen molar-refractivity contribution in [2.24, 2.45) is 14.1 Å². The monoisotopic (exact) mass is 2080 g/mol. The van der Waals surface area contributed by atoms with Crippen molar-refractivity contribution in [3.63, 3.8) is 0 Å². The summed E-state index contributed by atoms with van der Waals surface area (Å²) in [6, 6.07) is 37.2. The van der Waals surface area contributed by atoms with Crippen LogP contribution in [-0.2, 0) is 23.4 Å². The predicted molar refractivity (Wildman–Crippen MR) is 523 cm³/mol. The second kappa shape index (κ2) is 45.5. The van der Waals surface area contributed by atoms with E-state index in [9.17, 15) is 64.7 Å². The second-order valence-electron chi connectivity index (χ2n) is 32.0. The number of halogens is 10. The number of thiophene rings is 2. The third-order valence-electron chi connectivity index (χ3n) is 20.8. The van der Waals surface area contributed by atoms with Gasteiger partial charge < -0.3 is 48.4 Å². The van der Waals surface area contributed by atoms with Crippen LogP contribution in [0.4, 0.5) is 26.3 Å². The lowest BCUT2D eigenvalue weighted by molar-refractivity contribution is 0.00578. The zero-order valence-corrected chi connectivity index (χ0v) is 84.2. The van der Waals surface area contributed by atoms with E-state index in [2.05, 4.69) is 74.4 Å². The molecule has 14 rings (SSSR count). The van der Waals surface area contributed by atoms with Gasteiger partial charge in [-0.1, -0.05) is 15.9 Å². The molecule has 5 heterocycles. The summed E-state index contributed by atoms with van der Waals surface area (Å²) in [5.41, 5.74) is 9.78. The number of nitrogens with one attached hydrogen (secondary N) is 2. The van der Waals surface area contributed by atoms with Crippen molar-refractivity contribution in [3.8, 4) is 51.4 Å². The largest absolute Gasteiger partial charge is 0.507 e. The van der Waals surface area contributed by atoms with Gasteiger partial charge in [0.25, 0.3) is 22.9 Å². The number of ether oxygens (including phenoxy) is 3. The number of phenols is 1. The lowest BCUT2D eigenvalue weighted by atomic mass is 9.77. The molecule has 0 unspecified atom stereocenters. The molecule has 0 bridgehead atoms. The summed E-state index contributed by atoms with van der Waals surface area (Å²) in [6.07, 6.45) is 3.38. The average molecular weight is 2090 g/mol. The molecule has 9 aromatic carbocycles. The molecule has 1 aliphatic rings. The van der Waals surface area contributed by atoms with Crippen LogP contribution in [-0.4, -0.2) is 80.6 Å². The highest BCUT2D eigenvalue weighted by atomic mass is 79.9. The standard InChI is InChI=1S/C27H25FN2O4S.C22H26BFO4.C16H14BrFO2.C11H11BrN2O2S.C8H6BrFO.C8H8BrF.C8H9FO/c1-6-29-26(32)23-12-20-21(13-30(5)27(33)25(20)35-23)19-11-17(16(4)31)7-8-22(19)34-24-14(2)9-18(28)10-15(24)3;1-13-10-17(24)11-14(2)20(13)26-19-9-8-16(15(3)25)12-18(19)23-27-21(4,5)22(6,7)28-23;1-9-6-13(18)7-10(2)16(9)20-15-5-4-12(11(3)19)8-14(15)17;1-3-13-10(15)8-4-6-7(12)5-14(2)11(16)9(6)17-8;1-5(11)6-2-3-8(10)7(9)4-6;1-5-3-7(10)4-6(2)8(5)9;1-5-3-7(9)4-6(2)8(5)10/h7-13H,6H2,1-5H3,(H,29,32);8-12H,1-7H3;4-8H,1-3H3;4-5H,3H2,1-2H3,(H,13,15);2-4H,1H3;3-4H,1-2H3;3-4,10H,1-2H3. The highest BCUT2D eigenvalue weighted by molar-refractivity contribution is 9.11. The van der Waals surface area contributed by atoms with Crippen molar-refractivity contribution < 1.29 is 83.7 Å². The van der Waals surface area contributed by atoms with Crippen LogP contribution in [0.1, 0.15) is 186 Å². The Morgan fingerprint density at radius 2 is 0.740 bits per heavy atom. The van der Waals surface area contributed by atoms with E-state index in [1.807, 2.05) is 55.4 Å². The number of fused-ring (bicyclic) bond motifs is 2. The number of hydrogen-bond donors (Lipinski definition) is 3. The van der Waals surface area contributed by atoms with E-state index in [1.54, 1.807) is 149 Å². The van der Waals surface area contributed by atoms with Crippen molar-refractivity contribution in [2.75, 3.05) is 13.1 Å². The van der Waals surface area contributed by atoms with E-state index in [4.69, 9.17) is 28.6 Å². The molecule has 688 valence electrons. The number of aryl methyl sites for hydroxylation is 12. The van der Waals surface area contributed by atoms with Gasteiger partial charge >= 0.3 is 7.12 Å². The summed E-state index contributed by atoms with van der Waals surface area (Å²) in [4.78, 5) is 96.2. The number of rotatable bonds is 16. The topological polar surface area (TPSA) is 237 Å². The SMILES string of the molecule is CC(=O)c1ccc(F)c(Br)c1.CC(=O)c1ccc(Oc2c(C)cc(F)cc2C)c(B2OC(C)(C)C(C)(C)O2)c1.CC(=O)c1ccc(Oc2c(C)cc(F)cc2C)c(Br)c1.CCNC(=O)c1cc2c(-c3cc(C(C)=O)ccc3Oc3c(C)cc(F)cc3C)cn(C)c(=O)c2s1.CCNC(=O)c1cc2c(Br)cn(C)c(=O)c2s1.Cc1cc(F)cc(C)c1Br.Cc1cc(F)cc(C)c1O. The molecule has 2 amide bonds. The first kappa shape index (κ1) is 105. The third kappa shape index (κ3) is 27.0. The summed E-state index contributed by atoms with van der Waals surface area (Å²) in [6.45, 7) is 36.3. The maximum absolute atomic E-state index is 13.9. The Balaban J connectivity index is 0.000000198. The van der Waals surface area contributed by atoms with Crippen LogP contribution in [0.2, 0.25) is 0 Å². The molecule has 1 aliphatic heterocycles. The number of nitrogens with zero attached hydrogens (tertiary/aromatic N) is 2. The lowest BCUT2D eigenvalue weighted by Crippen LogP contribution is -2.41. The van der Waals surface area contributed by atoms with Crippen molar-refractivity contribution in [1.82, 2.24) is 19.8 Å². The molecule has 0 radical (unpaired) electrons. The van der Waals surface area contributed by atoms with Gasteiger partial charge in [0.1, 0.15) is 84.5 Å². The Hall–Kier alpha value is -10.9. The fourth-order valence-electron chi connectivity index (χ4n) is 13.2. The van der Waals surface area contributed by atoms with Crippen molar-refractivity contribution in [3.05, 3.63) is 319 Å². The molecule has 18 nitrogen and oxygen atoms in total. The maximum atomic E-state index is 13.9. The van der Waals surface area contributed by atoms with Gasteiger partial charge in [0, 0.05) is 98.1 Å². The highest BCUT2D eigenvalue weighted by Crippen LogP contribution is 2.44. The number of ketones is 4. The first-order chi connectivity index (χ1) is 61.3. The fraction of sp³-hybridized carbons (Fsp3) is 0.260. The number of carbonyl (C=O) groups excluding carboxylic acids is 6. The average Bonchev–Trinajstić information content (AvgIpc) is 1.65. The molecule has 31 heteroatoms. The molecular weight excluding hydrogens is 1990 g/mol. The summed E-state index contributed by atoms with van der Waals surface area (Å²) < 4.78 is 116. The van der Waals surface area contributed by atoms with Gasteiger partial charge in [-0.05, 0) is 387 Å². The van der Waals surface area contributed by atoms with Crippen molar-refractivity contribution >= 4 is 154 Å². The van der Waals surface area contributed by atoms with Gasteiger partial charge in [0.2, 0.25) is 0 Å². The number of aromatic nitrogens is 2. The molecule has 13 aromatic rings. The van der Waals surface area contributed by atoms with E-state index in [0.717, 1.165) is 47.9 Å². The number of benzene rings is 9. The van der Waals surface area contributed by atoms with Crippen LogP contribution in [0.15, 0.2) is 185 Å². The number of hydrogen-bond acceptors (Lipinski definition) is 16. The minimum atomic E-state index is -0.680. The molecule has 1 saturated heterocycles. The number of Topliss-reactive ketones (excluding diaryl/α,β-unsaturated/α-hetero) is 4. The van der Waals surface area contributed by atoms with E-state index < -0.39 is 18.3 Å². The first-order valence-corrected chi connectivity index (χ1v) is 45.7. The molecule has 131 heavy (non-hydrogen) atoms. The summed E-state index contributed by atoms with van der Waals surface area (Å²) >= 11 is 15.5. The second-order valence-corrected chi connectivity index (χ2v) is 37.4. The van der Waals surface area contributed by atoms with Crippen LogP contribution in [0, 0.1) is 104 Å². The number of aromatic hydroxyl groups is 1. The van der Waals surface area contributed by atoms with Crippen LogP contribution < -0.4 is 41.4 Å². The molecule has 0 aliphatic carbocycles. The van der Waals surface area contributed by atoms with Gasteiger partial charge in [0.15, 0.2) is 23.1 Å². The Morgan fingerprint density at radius 1 is 0.412 bits per heavy atom. The quantitative estimate of drug-likeness (QED) is 0.0464. The first-order valence-electron chi connectivity index (χ1n) is 40.9. The minimum absolute atomic E-state index is 0.00797. The van der Waals surface area contributed by atoms with Gasteiger partial charge in [-0.15, -0.1) is 22.7 Å². The predicted octanol–water partition coefficient (Wildman–Crippen LogP) is 26.0. The van der Waals surface area contributed by atoms with Gasteiger partial charge in [0.05, 0.1) is 29.9 Å². The smallest absolute Gasteiger partial charge is 0.498 e. The van der Waals surface area contributed by atoms with E-state index in [0.29, 0.717) is 153 Å². The van der Waals surface area contributed by atoms with Gasteiger partial charge in [-0.25, -0.2) is 26.3 Å². The Bertz CT molecular complexity index is 6520. The summed E-state index contributed by atoms with van der Waals surface area (Å²) in [5, 5.41) is 16.0. The minimum Gasteiger partial charge on any atom is -0.507 e. The zero-order chi connectivity index (χ0) is 97.6. The maximum Gasteiger partial charge on any atom is 0.498 e. The Morgan fingerprint density at radius 3 is 1.14 bits per heavy atom. The van der Waals surface area contributed by atoms with Crippen LogP contribution >= 0.6 is 86.4 Å². The summed E-state index contributed by atoms with van der Waals surface area (Å²) in [7, 11) is 2.65. The Kier molecular flexibility index (Phi) is 36.6. The molecule has 3 N–H and O–H groups in total. The molecule has 4 aromatic heterocycles. The van der Waals surface area contributed by atoms with Gasteiger partial charge in [-0.2, -0.15) is 0 Å². The third-order valence-corrected chi connectivity index (χ3v) is 26.2. The van der Waals surface area contributed by atoms with Crippen LogP contribution in [0.5, 0.6) is 40.2 Å². The summed E-state index contributed by atoms with van der Waals surface area (Å²) in [5.74, 6) is 1.05. The van der Waals surface area contributed by atoms with E-state index >= 15 is 0 Å². The van der Waals surface area contributed by atoms with Crippen LogP contribution in [0.25, 0.3) is 31.3 Å². The number of phenolic OH excluding ortho intramolecular Hbond substituents is 1. The van der Waals surface area contributed by atoms with Crippen LogP contribution in [0.3, 0.4) is 0 Å². The molecular formula is C100H99BBr4F6N4O14S2. The highest BCUT2D eigenvalue weighted by Gasteiger charge is 2.53. The van der Waals surface area contributed by atoms with Crippen molar-refractivity contribution in [2.45, 2.75) is 150 Å². The zero-order valence-electron chi connectivity index (χ0n) is 76.2.